The van der Waals surface area contributed by atoms with Gasteiger partial charge in [0, 0.05) is 5.56 Å². The second-order valence-corrected chi connectivity index (χ2v) is 6.25. The number of para-hydroxylation sites is 1. The first kappa shape index (κ1) is 21.0. The Bertz CT molecular complexity index is 927. The number of nitrogens with one attached hydrogen (secondary N) is 1. The molecule has 0 aliphatic rings. The molecule has 30 heavy (non-hydrogen) atoms. The molecule has 0 bridgehead atoms. The van der Waals surface area contributed by atoms with Crippen molar-refractivity contribution in [1.29, 1.82) is 0 Å². The van der Waals surface area contributed by atoms with E-state index >= 15 is 0 Å². The lowest BCUT2D eigenvalue weighted by molar-refractivity contribution is -0.126. The zero-order chi connectivity index (χ0) is 21.2. The summed E-state index contributed by atoms with van der Waals surface area (Å²) in [4.78, 5) is 17.4. The van der Waals surface area contributed by atoms with E-state index in [-0.39, 0.29) is 24.3 Å². The van der Waals surface area contributed by atoms with Gasteiger partial charge < -0.3 is 14.9 Å². The fourth-order valence-electron chi connectivity index (χ4n) is 2.83. The molecule has 3 aromatic carbocycles. The fraction of sp³-hybridized carbons (Fsp3) is 0.130. The quantitative estimate of drug-likeness (QED) is 0.416. The van der Waals surface area contributed by atoms with Crippen molar-refractivity contribution in [3.63, 3.8) is 0 Å². The molecule has 0 spiro atoms. The van der Waals surface area contributed by atoms with Gasteiger partial charge in [0.15, 0.2) is 6.61 Å². The largest absolute Gasteiger partial charge is 0.434 e. The molecule has 0 radical (unpaired) electrons. The van der Waals surface area contributed by atoms with Crippen LogP contribution in [0.3, 0.4) is 0 Å². The zero-order valence-corrected chi connectivity index (χ0v) is 15.9. The molecular weight excluding hydrogens is 390 g/mol. The Morgan fingerprint density at radius 2 is 1.47 bits per heavy atom. The predicted molar refractivity (Wildman–Crippen MR) is 109 cm³/mol. The molecule has 154 valence electrons. The van der Waals surface area contributed by atoms with Gasteiger partial charge in [-0.05, 0) is 23.3 Å². The number of hydrogen-bond acceptors (Lipinski definition) is 4. The number of hydrogen-bond donors (Lipinski definition) is 1. The molecular formula is C23H20F2N2O3. The maximum Gasteiger partial charge on any atom is 0.387 e. The van der Waals surface area contributed by atoms with Crippen molar-refractivity contribution in [2.45, 2.75) is 12.7 Å². The normalized spacial score (nSPS) is 11.1. The summed E-state index contributed by atoms with van der Waals surface area (Å²) in [6, 6.07) is 24.9. The predicted octanol–water partition coefficient (Wildman–Crippen LogP) is 4.54. The highest BCUT2D eigenvalue weighted by atomic mass is 19.3. The molecule has 0 saturated carbocycles. The number of benzene rings is 3. The van der Waals surface area contributed by atoms with E-state index in [0.29, 0.717) is 5.56 Å². The van der Waals surface area contributed by atoms with Gasteiger partial charge in [0.05, 0.1) is 12.3 Å². The zero-order valence-electron chi connectivity index (χ0n) is 15.9. The molecule has 1 amide bonds. The van der Waals surface area contributed by atoms with Crippen LogP contribution < -0.4 is 10.1 Å². The smallest absolute Gasteiger partial charge is 0.387 e. The summed E-state index contributed by atoms with van der Waals surface area (Å²) in [6.07, 6.45) is 1.22. The standard InChI is InChI=1S/C23H20F2N2O3/c24-23(25)30-20-14-8-7-13-19(20)15-26-29-16-21(28)27-22(17-9-3-1-4-10-17)18-11-5-2-6-12-18/h1-15,22-23H,16H2,(H,27,28). The third-order valence-corrected chi connectivity index (χ3v) is 4.17. The van der Waals surface area contributed by atoms with Crippen molar-refractivity contribution in [3.05, 3.63) is 102 Å². The third kappa shape index (κ3) is 6.13. The second-order valence-electron chi connectivity index (χ2n) is 6.25. The van der Waals surface area contributed by atoms with Gasteiger partial charge in [-0.2, -0.15) is 8.78 Å². The molecule has 7 heteroatoms. The van der Waals surface area contributed by atoms with E-state index in [1.807, 2.05) is 60.7 Å². The molecule has 0 saturated heterocycles. The fourth-order valence-corrected chi connectivity index (χ4v) is 2.83. The molecule has 0 aromatic heterocycles. The highest BCUT2D eigenvalue weighted by molar-refractivity contribution is 5.83. The summed E-state index contributed by atoms with van der Waals surface area (Å²) < 4.78 is 29.3. The Balaban J connectivity index is 1.61. The van der Waals surface area contributed by atoms with Crippen molar-refractivity contribution in [2.24, 2.45) is 5.16 Å². The maximum absolute atomic E-state index is 12.4. The molecule has 0 fully saturated rings. The minimum absolute atomic E-state index is 0.0301. The van der Waals surface area contributed by atoms with Crippen LogP contribution in [-0.2, 0) is 9.63 Å². The first-order valence-electron chi connectivity index (χ1n) is 9.22. The number of alkyl halides is 2. The Morgan fingerprint density at radius 1 is 0.900 bits per heavy atom. The molecule has 5 nitrogen and oxygen atoms in total. The molecule has 0 aliphatic carbocycles. The van der Waals surface area contributed by atoms with Crippen molar-refractivity contribution >= 4 is 12.1 Å². The maximum atomic E-state index is 12.4. The number of carbonyl (C=O) groups excluding carboxylic acids is 1. The monoisotopic (exact) mass is 410 g/mol. The second kappa shape index (κ2) is 10.7. The molecule has 0 atom stereocenters. The summed E-state index contributed by atoms with van der Waals surface area (Å²) in [7, 11) is 0. The van der Waals surface area contributed by atoms with Crippen molar-refractivity contribution < 1.29 is 23.1 Å². The van der Waals surface area contributed by atoms with Crippen molar-refractivity contribution in [3.8, 4) is 5.75 Å². The lowest BCUT2D eigenvalue weighted by atomic mass is 9.99. The van der Waals surface area contributed by atoms with E-state index in [1.54, 1.807) is 18.2 Å². The molecule has 0 heterocycles. The van der Waals surface area contributed by atoms with Crippen LogP contribution >= 0.6 is 0 Å². The van der Waals surface area contributed by atoms with Gasteiger partial charge in [-0.1, -0.05) is 78.0 Å². The van der Waals surface area contributed by atoms with E-state index in [1.165, 1.54) is 12.3 Å². The SMILES string of the molecule is O=C(CON=Cc1ccccc1OC(F)F)NC(c1ccccc1)c1ccccc1. The number of carbonyl (C=O) groups is 1. The van der Waals surface area contributed by atoms with Gasteiger partial charge in [0.2, 0.25) is 0 Å². The molecule has 3 rings (SSSR count). The van der Waals surface area contributed by atoms with Crippen LogP contribution in [0.4, 0.5) is 8.78 Å². The van der Waals surface area contributed by atoms with Gasteiger partial charge in [-0.3, -0.25) is 4.79 Å². The topological polar surface area (TPSA) is 59.9 Å². The summed E-state index contributed by atoms with van der Waals surface area (Å²) in [5, 5.41) is 6.62. The van der Waals surface area contributed by atoms with E-state index in [9.17, 15) is 13.6 Å². The van der Waals surface area contributed by atoms with Gasteiger partial charge in [-0.15, -0.1) is 0 Å². The average molecular weight is 410 g/mol. The van der Waals surface area contributed by atoms with Gasteiger partial charge in [-0.25, -0.2) is 0 Å². The highest BCUT2D eigenvalue weighted by Gasteiger charge is 2.16. The average Bonchev–Trinajstić information content (AvgIpc) is 2.77. The lowest BCUT2D eigenvalue weighted by Gasteiger charge is -2.19. The van der Waals surface area contributed by atoms with E-state index in [2.05, 4.69) is 15.2 Å². The van der Waals surface area contributed by atoms with Crippen molar-refractivity contribution in [1.82, 2.24) is 5.32 Å². The van der Waals surface area contributed by atoms with Crippen LogP contribution in [0.1, 0.15) is 22.7 Å². The Labute approximate surface area is 172 Å². The van der Waals surface area contributed by atoms with Gasteiger partial charge in [0.25, 0.3) is 5.91 Å². The number of nitrogens with zero attached hydrogens (tertiary/aromatic N) is 1. The Hall–Kier alpha value is -3.74. The number of rotatable bonds is 9. The van der Waals surface area contributed by atoms with Crippen LogP contribution in [0.25, 0.3) is 0 Å². The van der Waals surface area contributed by atoms with E-state index < -0.39 is 6.61 Å². The van der Waals surface area contributed by atoms with Crippen LogP contribution in [-0.4, -0.2) is 25.3 Å². The minimum atomic E-state index is -2.95. The molecule has 0 aliphatic heterocycles. The lowest BCUT2D eigenvalue weighted by Crippen LogP contribution is -2.31. The van der Waals surface area contributed by atoms with E-state index in [0.717, 1.165) is 11.1 Å². The Morgan fingerprint density at radius 3 is 2.07 bits per heavy atom. The summed E-state index contributed by atoms with van der Waals surface area (Å²) >= 11 is 0. The highest BCUT2D eigenvalue weighted by Crippen LogP contribution is 2.21. The molecule has 0 unspecified atom stereocenters. The number of amides is 1. The van der Waals surface area contributed by atoms with Crippen molar-refractivity contribution in [2.75, 3.05) is 6.61 Å². The minimum Gasteiger partial charge on any atom is -0.434 e. The number of halogens is 2. The first-order valence-corrected chi connectivity index (χ1v) is 9.22. The van der Waals surface area contributed by atoms with Crippen LogP contribution in [0.2, 0.25) is 0 Å². The van der Waals surface area contributed by atoms with Crippen LogP contribution in [0.15, 0.2) is 90.1 Å². The molecule has 1 N–H and O–H groups in total. The summed E-state index contributed by atoms with van der Waals surface area (Å²) in [6.45, 7) is -3.27. The molecule has 3 aromatic rings. The van der Waals surface area contributed by atoms with Crippen LogP contribution in [0.5, 0.6) is 5.75 Å². The first-order chi connectivity index (χ1) is 14.6. The van der Waals surface area contributed by atoms with Crippen LogP contribution in [0, 0.1) is 0 Å². The van der Waals surface area contributed by atoms with E-state index in [4.69, 9.17) is 4.84 Å². The summed E-state index contributed by atoms with van der Waals surface area (Å²) in [5.74, 6) is -0.403. The van der Waals surface area contributed by atoms with Gasteiger partial charge in [0.1, 0.15) is 5.75 Å². The number of ether oxygens (including phenoxy) is 1. The Kier molecular flexibility index (Phi) is 7.49. The number of oxime groups is 1. The summed E-state index contributed by atoms with van der Waals surface area (Å²) in [5.41, 5.74) is 2.17. The third-order valence-electron chi connectivity index (χ3n) is 4.17. The van der Waals surface area contributed by atoms with Gasteiger partial charge >= 0.3 is 6.61 Å².